The van der Waals surface area contributed by atoms with Crippen LogP contribution in [0.4, 0.5) is 0 Å². The van der Waals surface area contributed by atoms with Gasteiger partial charge >= 0.3 is 0 Å². The molecule has 0 radical (unpaired) electrons. The van der Waals surface area contributed by atoms with Crippen LogP contribution < -0.4 is 5.73 Å². The molecule has 19 heavy (non-hydrogen) atoms. The monoisotopic (exact) mass is 299 g/mol. The van der Waals surface area contributed by atoms with Gasteiger partial charge in [-0.05, 0) is 31.0 Å². The Bertz CT molecular complexity index is 624. The first-order valence-corrected chi connectivity index (χ1v) is 7.72. The van der Waals surface area contributed by atoms with Crippen molar-refractivity contribution < 1.29 is 8.42 Å². The summed E-state index contributed by atoms with van der Waals surface area (Å²) in [4.78, 5) is -0.0256. The second kappa shape index (κ2) is 5.47. The summed E-state index contributed by atoms with van der Waals surface area (Å²) in [7, 11) is -3.69. The van der Waals surface area contributed by atoms with Gasteiger partial charge in [0.05, 0.1) is 16.7 Å². The van der Waals surface area contributed by atoms with Crippen LogP contribution in [0.25, 0.3) is 0 Å². The Labute approximate surface area is 117 Å². The van der Waals surface area contributed by atoms with Gasteiger partial charge in [0.1, 0.15) is 4.90 Å². The fourth-order valence-electron chi connectivity index (χ4n) is 2.10. The lowest BCUT2D eigenvalue weighted by molar-refractivity contribution is 0.316. The highest BCUT2D eigenvalue weighted by Crippen LogP contribution is 2.27. The minimum absolute atomic E-state index is 0.0256. The minimum Gasteiger partial charge on any atom is -0.327 e. The predicted molar refractivity (Wildman–Crippen MR) is 72.1 cm³/mol. The van der Waals surface area contributed by atoms with Gasteiger partial charge in [0.25, 0.3) is 0 Å². The molecule has 1 aliphatic heterocycles. The molecule has 1 aromatic carbocycles. The number of benzene rings is 1. The Morgan fingerprint density at radius 1 is 1.47 bits per heavy atom. The number of halogens is 1. The lowest BCUT2D eigenvalue weighted by Gasteiger charge is -2.30. The third-order valence-corrected chi connectivity index (χ3v) is 5.45. The summed E-state index contributed by atoms with van der Waals surface area (Å²) < 4.78 is 26.3. The molecule has 0 amide bonds. The van der Waals surface area contributed by atoms with Gasteiger partial charge in [-0.15, -0.1) is 0 Å². The maximum absolute atomic E-state index is 12.5. The van der Waals surface area contributed by atoms with Crippen LogP contribution >= 0.6 is 11.6 Å². The van der Waals surface area contributed by atoms with E-state index in [9.17, 15) is 8.42 Å². The number of nitrogens with two attached hydrogens (primary N) is 1. The average Bonchev–Trinajstić information content (AvgIpc) is 2.39. The first kappa shape index (κ1) is 14.3. The van der Waals surface area contributed by atoms with E-state index in [1.54, 1.807) is 0 Å². The van der Waals surface area contributed by atoms with E-state index in [2.05, 4.69) is 0 Å². The van der Waals surface area contributed by atoms with Crippen molar-refractivity contribution >= 4 is 21.6 Å². The number of rotatable bonds is 2. The summed E-state index contributed by atoms with van der Waals surface area (Å²) >= 11 is 5.95. The van der Waals surface area contributed by atoms with E-state index in [4.69, 9.17) is 22.6 Å². The highest BCUT2D eigenvalue weighted by atomic mass is 35.5. The summed E-state index contributed by atoms with van der Waals surface area (Å²) in [5.74, 6) is 0. The SMILES string of the molecule is N#Cc1ccc(Cl)c(S(=O)(=O)N2CCC[C@@H](N)C2)c1. The molecule has 1 fully saturated rings. The molecular formula is C12H14ClN3O2S. The van der Waals surface area contributed by atoms with Gasteiger partial charge in [-0.1, -0.05) is 11.6 Å². The Hall–Kier alpha value is -1.13. The van der Waals surface area contributed by atoms with Crippen LogP contribution in [0.3, 0.4) is 0 Å². The topological polar surface area (TPSA) is 87.2 Å². The highest BCUT2D eigenvalue weighted by molar-refractivity contribution is 7.89. The van der Waals surface area contributed by atoms with Crippen LogP contribution in [0.5, 0.6) is 0 Å². The Morgan fingerprint density at radius 2 is 2.21 bits per heavy atom. The molecule has 7 heteroatoms. The molecule has 2 N–H and O–H groups in total. The predicted octanol–water partition coefficient (Wildman–Crippen LogP) is 1.32. The van der Waals surface area contributed by atoms with E-state index >= 15 is 0 Å². The molecular weight excluding hydrogens is 286 g/mol. The molecule has 0 bridgehead atoms. The zero-order valence-corrected chi connectivity index (χ0v) is 11.8. The van der Waals surface area contributed by atoms with Crippen molar-refractivity contribution in [3.05, 3.63) is 28.8 Å². The smallest absolute Gasteiger partial charge is 0.244 e. The summed E-state index contributed by atoms with van der Waals surface area (Å²) in [6.07, 6.45) is 1.55. The number of sulfonamides is 1. The summed E-state index contributed by atoms with van der Waals surface area (Å²) in [6, 6.07) is 5.98. The number of nitrogens with zero attached hydrogens (tertiary/aromatic N) is 2. The number of nitriles is 1. The first-order chi connectivity index (χ1) is 8.95. The van der Waals surface area contributed by atoms with Crippen LogP contribution in [-0.4, -0.2) is 31.9 Å². The van der Waals surface area contributed by atoms with Gasteiger partial charge in [0.15, 0.2) is 0 Å². The molecule has 1 saturated heterocycles. The maximum Gasteiger partial charge on any atom is 0.244 e. The summed E-state index contributed by atoms with van der Waals surface area (Å²) in [6.45, 7) is 0.721. The average molecular weight is 300 g/mol. The maximum atomic E-state index is 12.5. The van der Waals surface area contributed by atoms with Crippen molar-refractivity contribution in [2.45, 2.75) is 23.8 Å². The van der Waals surface area contributed by atoms with Gasteiger partial charge in [-0.3, -0.25) is 0 Å². The Kier molecular flexibility index (Phi) is 4.11. The molecule has 1 aliphatic rings. The van der Waals surface area contributed by atoms with Crippen molar-refractivity contribution in [3.63, 3.8) is 0 Å². The van der Waals surface area contributed by atoms with E-state index in [-0.39, 0.29) is 28.1 Å². The summed E-state index contributed by atoms with van der Waals surface area (Å²) in [5.41, 5.74) is 6.07. The second-order valence-corrected chi connectivity index (χ2v) is 6.84. The Balaban J connectivity index is 2.42. The van der Waals surface area contributed by atoms with Gasteiger partial charge in [0.2, 0.25) is 10.0 Å². The first-order valence-electron chi connectivity index (χ1n) is 5.90. The third-order valence-electron chi connectivity index (χ3n) is 3.10. The van der Waals surface area contributed by atoms with E-state index in [1.165, 1.54) is 22.5 Å². The molecule has 0 saturated carbocycles. The van der Waals surface area contributed by atoms with Crippen molar-refractivity contribution in [2.75, 3.05) is 13.1 Å². The van der Waals surface area contributed by atoms with Gasteiger partial charge in [-0.25, -0.2) is 8.42 Å². The molecule has 0 aromatic heterocycles. The molecule has 0 spiro atoms. The van der Waals surface area contributed by atoms with Crippen molar-refractivity contribution in [2.24, 2.45) is 5.73 Å². The zero-order chi connectivity index (χ0) is 14.0. The lowest BCUT2D eigenvalue weighted by atomic mass is 10.1. The normalized spacial score (nSPS) is 21.0. The number of hydrogen-bond acceptors (Lipinski definition) is 4. The van der Waals surface area contributed by atoms with E-state index < -0.39 is 10.0 Å². The van der Waals surface area contributed by atoms with Gasteiger partial charge in [-0.2, -0.15) is 9.57 Å². The van der Waals surface area contributed by atoms with Gasteiger partial charge < -0.3 is 5.73 Å². The summed E-state index contributed by atoms with van der Waals surface area (Å²) in [5, 5.41) is 8.97. The fourth-order valence-corrected chi connectivity index (χ4v) is 4.14. The van der Waals surface area contributed by atoms with Crippen LogP contribution in [0.15, 0.2) is 23.1 Å². The molecule has 1 atom stereocenters. The van der Waals surface area contributed by atoms with E-state index in [1.807, 2.05) is 6.07 Å². The fraction of sp³-hybridized carbons (Fsp3) is 0.417. The number of piperidine rings is 1. The van der Waals surface area contributed by atoms with Crippen LogP contribution in [0.2, 0.25) is 5.02 Å². The zero-order valence-electron chi connectivity index (χ0n) is 10.2. The molecule has 2 rings (SSSR count). The minimum atomic E-state index is -3.69. The van der Waals surface area contributed by atoms with E-state index in [0.29, 0.717) is 6.54 Å². The molecule has 1 aromatic rings. The molecule has 0 unspecified atom stereocenters. The lowest BCUT2D eigenvalue weighted by Crippen LogP contribution is -2.45. The molecule has 5 nitrogen and oxygen atoms in total. The van der Waals surface area contributed by atoms with Crippen molar-refractivity contribution in [1.29, 1.82) is 5.26 Å². The molecule has 102 valence electrons. The quantitative estimate of drug-likeness (QED) is 0.892. The molecule has 0 aliphatic carbocycles. The van der Waals surface area contributed by atoms with Crippen LogP contribution in [-0.2, 0) is 10.0 Å². The molecule has 1 heterocycles. The Morgan fingerprint density at radius 3 is 2.84 bits per heavy atom. The largest absolute Gasteiger partial charge is 0.327 e. The van der Waals surface area contributed by atoms with Crippen LogP contribution in [0, 0.1) is 11.3 Å². The second-order valence-electron chi connectivity index (χ2n) is 4.52. The van der Waals surface area contributed by atoms with Crippen molar-refractivity contribution in [1.82, 2.24) is 4.31 Å². The van der Waals surface area contributed by atoms with E-state index in [0.717, 1.165) is 12.8 Å². The van der Waals surface area contributed by atoms with Gasteiger partial charge in [0, 0.05) is 19.1 Å². The van der Waals surface area contributed by atoms with Crippen LogP contribution in [0.1, 0.15) is 18.4 Å². The third kappa shape index (κ3) is 2.90. The highest BCUT2D eigenvalue weighted by Gasteiger charge is 2.30. The van der Waals surface area contributed by atoms with Crippen molar-refractivity contribution in [3.8, 4) is 6.07 Å². The standard InChI is InChI=1S/C12H14ClN3O2S/c13-11-4-3-9(7-14)6-12(11)19(17,18)16-5-1-2-10(15)8-16/h3-4,6,10H,1-2,5,8,15H2/t10-/m1/s1. The number of hydrogen-bond donors (Lipinski definition) is 1.